The first-order chi connectivity index (χ1) is 4.79. The molecule has 10 heavy (non-hydrogen) atoms. The molecule has 1 aliphatic heterocycles. The fraction of sp³-hybridized carbons (Fsp3) is 1.00. The summed E-state index contributed by atoms with van der Waals surface area (Å²) in [5, 5.41) is 6.87. The van der Waals surface area contributed by atoms with Crippen LogP contribution in [0.15, 0.2) is 0 Å². The minimum Gasteiger partial charge on any atom is -0.314 e. The molecule has 2 nitrogen and oxygen atoms in total. The molecule has 0 aromatic heterocycles. The molecule has 2 N–H and O–H groups in total. The fourth-order valence-electron chi connectivity index (χ4n) is 1.45. The lowest BCUT2D eigenvalue weighted by Gasteiger charge is -2.25. The van der Waals surface area contributed by atoms with Crippen LogP contribution < -0.4 is 10.6 Å². The average Bonchev–Trinajstić information content (AvgIpc) is 1.88. The minimum absolute atomic E-state index is 0.716. The first-order valence-corrected chi connectivity index (χ1v) is 4.23. The summed E-state index contributed by atoms with van der Waals surface area (Å²) in [6.45, 7) is 7.97. The van der Waals surface area contributed by atoms with Gasteiger partial charge in [-0.15, -0.1) is 0 Å². The Bertz CT molecular complexity index is 85.3. The maximum atomic E-state index is 3.49. The topological polar surface area (TPSA) is 24.1 Å². The standard InChI is InChI=1S/C8H18N2/c1-7(2)5-8-6-9-3-4-10-8/h7-10H,3-6H2,1-2H3/t8-/m0/s1. The smallest absolute Gasteiger partial charge is 0.0195 e. The third kappa shape index (κ3) is 2.67. The van der Waals surface area contributed by atoms with Gasteiger partial charge in [-0.2, -0.15) is 0 Å². The van der Waals surface area contributed by atoms with Crippen molar-refractivity contribution >= 4 is 0 Å². The Balaban J connectivity index is 2.13. The van der Waals surface area contributed by atoms with Crippen LogP contribution in [-0.2, 0) is 0 Å². The zero-order chi connectivity index (χ0) is 7.40. The van der Waals surface area contributed by atoms with Crippen molar-refractivity contribution in [3.05, 3.63) is 0 Å². The molecule has 0 aliphatic carbocycles. The Morgan fingerprint density at radius 1 is 1.40 bits per heavy atom. The molecule has 1 fully saturated rings. The summed E-state index contributed by atoms with van der Waals surface area (Å²) in [6, 6.07) is 0.716. The van der Waals surface area contributed by atoms with Crippen LogP contribution in [0.2, 0.25) is 0 Å². The zero-order valence-electron chi connectivity index (χ0n) is 6.98. The van der Waals surface area contributed by atoms with E-state index in [-0.39, 0.29) is 0 Å². The molecule has 1 saturated heterocycles. The molecule has 0 radical (unpaired) electrons. The zero-order valence-corrected chi connectivity index (χ0v) is 6.98. The molecular weight excluding hydrogens is 124 g/mol. The summed E-state index contributed by atoms with van der Waals surface area (Å²) in [5.74, 6) is 0.817. The van der Waals surface area contributed by atoms with Gasteiger partial charge in [-0.3, -0.25) is 0 Å². The number of rotatable bonds is 2. The Morgan fingerprint density at radius 2 is 2.20 bits per heavy atom. The van der Waals surface area contributed by atoms with Gasteiger partial charge < -0.3 is 10.6 Å². The van der Waals surface area contributed by atoms with Crippen molar-refractivity contribution in [2.45, 2.75) is 26.3 Å². The maximum absolute atomic E-state index is 3.49. The van der Waals surface area contributed by atoms with Crippen molar-refractivity contribution in [2.24, 2.45) is 5.92 Å². The van der Waals surface area contributed by atoms with Crippen molar-refractivity contribution in [3.8, 4) is 0 Å². The predicted octanol–water partition coefficient (Wildman–Crippen LogP) is 0.594. The van der Waals surface area contributed by atoms with Gasteiger partial charge in [-0.25, -0.2) is 0 Å². The van der Waals surface area contributed by atoms with Gasteiger partial charge in [0.2, 0.25) is 0 Å². The molecule has 0 spiro atoms. The molecule has 0 aromatic carbocycles. The van der Waals surface area contributed by atoms with E-state index in [0.717, 1.165) is 25.6 Å². The fourth-order valence-corrected chi connectivity index (χ4v) is 1.45. The van der Waals surface area contributed by atoms with Gasteiger partial charge in [-0.05, 0) is 12.3 Å². The van der Waals surface area contributed by atoms with Gasteiger partial charge in [0.25, 0.3) is 0 Å². The summed E-state index contributed by atoms with van der Waals surface area (Å²) in [5.41, 5.74) is 0. The number of nitrogens with one attached hydrogen (secondary N) is 2. The summed E-state index contributed by atoms with van der Waals surface area (Å²) >= 11 is 0. The van der Waals surface area contributed by atoms with Crippen LogP contribution in [0.5, 0.6) is 0 Å². The Labute approximate surface area is 63.4 Å². The molecule has 1 heterocycles. The van der Waals surface area contributed by atoms with E-state index < -0.39 is 0 Å². The minimum atomic E-state index is 0.716. The average molecular weight is 142 g/mol. The van der Waals surface area contributed by atoms with E-state index in [1.807, 2.05) is 0 Å². The highest BCUT2D eigenvalue weighted by Gasteiger charge is 2.12. The first kappa shape index (κ1) is 8.02. The molecule has 0 saturated carbocycles. The molecule has 0 amide bonds. The summed E-state index contributed by atoms with van der Waals surface area (Å²) < 4.78 is 0. The summed E-state index contributed by atoms with van der Waals surface area (Å²) in [4.78, 5) is 0. The quantitative estimate of drug-likeness (QED) is 0.590. The van der Waals surface area contributed by atoms with E-state index in [0.29, 0.717) is 6.04 Å². The second-order valence-electron chi connectivity index (χ2n) is 3.48. The third-order valence-electron chi connectivity index (χ3n) is 1.88. The lowest BCUT2D eigenvalue weighted by atomic mass is 10.0. The van der Waals surface area contributed by atoms with Crippen molar-refractivity contribution < 1.29 is 0 Å². The molecule has 0 unspecified atom stereocenters. The molecule has 0 bridgehead atoms. The van der Waals surface area contributed by atoms with Crippen molar-refractivity contribution in [3.63, 3.8) is 0 Å². The predicted molar refractivity (Wildman–Crippen MR) is 44.1 cm³/mol. The van der Waals surface area contributed by atoms with Crippen molar-refractivity contribution in [1.29, 1.82) is 0 Å². The molecule has 60 valence electrons. The lowest BCUT2D eigenvalue weighted by molar-refractivity contribution is 0.362. The Hall–Kier alpha value is -0.0800. The van der Waals surface area contributed by atoms with Gasteiger partial charge in [0.05, 0.1) is 0 Å². The van der Waals surface area contributed by atoms with Crippen LogP contribution in [0.4, 0.5) is 0 Å². The van der Waals surface area contributed by atoms with Crippen LogP contribution in [0, 0.1) is 5.92 Å². The highest BCUT2D eigenvalue weighted by molar-refractivity contribution is 4.75. The van der Waals surface area contributed by atoms with Crippen LogP contribution in [0.25, 0.3) is 0 Å². The van der Waals surface area contributed by atoms with Crippen molar-refractivity contribution in [1.82, 2.24) is 10.6 Å². The van der Waals surface area contributed by atoms with E-state index in [1.165, 1.54) is 6.42 Å². The molecule has 1 aliphatic rings. The van der Waals surface area contributed by atoms with Gasteiger partial charge in [0.15, 0.2) is 0 Å². The van der Waals surface area contributed by atoms with Crippen LogP contribution in [0.1, 0.15) is 20.3 Å². The van der Waals surface area contributed by atoms with Crippen LogP contribution in [0.3, 0.4) is 0 Å². The van der Waals surface area contributed by atoms with E-state index in [4.69, 9.17) is 0 Å². The second-order valence-corrected chi connectivity index (χ2v) is 3.48. The first-order valence-electron chi connectivity index (χ1n) is 4.23. The highest BCUT2D eigenvalue weighted by Crippen LogP contribution is 2.04. The molecule has 1 atom stereocenters. The Kier molecular flexibility index (Phi) is 3.16. The molecular formula is C8H18N2. The van der Waals surface area contributed by atoms with Crippen LogP contribution >= 0.6 is 0 Å². The normalized spacial score (nSPS) is 27.3. The second kappa shape index (κ2) is 3.94. The molecule has 2 heteroatoms. The van der Waals surface area contributed by atoms with Gasteiger partial charge >= 0.3 is 0 Å². The largest absolute Gasteiger partial charge is 0.314 e. The van der Waals surface area contributed by atoms with E-state index in [1.54, 1.807) is 0 Å². The number of hydrogen-bond donors (Lipinski definition) is 2. The van der Waals surface area contributed by atoms with Gasteiger partial charge in [0.1, 0.15) is 0 Å². The van der Waals surface area contributed by atoms with Gasteiger partial charge in [-0.1, -0.05) is 13.8 Å². The van der Waals surface area contributed by atoms with E-state index in [9.17, 15) is 0 Å². The monoisotopic (exact) mass is 142 g/mol. The van der Waals surface area contributed by atoms with Crippen LogP contribution in [-0.4, -0.2) is 25.7 Å². The third-order valence-corrected chi connectivity index (χ3v) is 1.88. The highest BCUT2D eigenvalue weighted by atomic mass is 15.0. The van der Waals surface area contributed by atoms with Gasteiger partial charge in [0, 0.05) is 25.7 Å². The summed E-state index contributed by atoms with van der Waals surface area (Å²) in [6.07, 6.45) is 1.30. The SMILES string of the molecule is CC(C)C[C@H]1CNCCN1. The molecule has 1 rings (SSSR count). The Morgan fingerprint density at radius 3 is 2.70 bits per heavy atom. The number of piperazine rings is 1. The summed E-state index contributed by atoms with van der Waals surface area (Å²) in [7, 11) is 0. The van der Waals surface area contributed by atoms with Crippen molar-refractivity contribution in [2.75, 3.05) is 19.6 Å². The molecule has 0 aromatic rings. The maximum Gasteiger partial charge on any atom is 0.0195 e. The van der Waals surface area contributed by atoms with E-state index >= 15 is 0 Å². The lowest BCUT2D eigenvalue weighted by Crippen LogP contribution is -2.48. The van der Waals surface area contributed by atoms with E-state index in [2.05, 4.69) is 24.5 Å². The number of hydrogen-bond acceptors (Lipinski definition) is 2.